The van der Waals surface area contributed by atoms with Crippen LogP contribution in [0.25, 0.3) is 0 Å². The van der Waals surface area contributed by atoms with Crippen LogP contribution < -0.4 is 14.2 Å². The number of benzene rings is 1. The lowest BCUT2D eigenvalue weighted by Crippen LogP contribution is -2.11. The van der Waals surface area contributed by atoms with Crippen molar-refractivity contribution in [2.24, 2.45) is 0 Å². The van der Waals surface area contributed by atoms with E-state index in [0.29, 0.717) is 24.5 Å². The topological polar surface area (TPSA) is 71.1 Å². The molecular formula is C21H32O6. The molecule has 1 aromatic carbocycles. The van der Waals surface area contributed by atoms with Gasteiger partial charge in [-0.1, -0.05) is 45.1 Å². The third-order valence-corrected chi connectivity index (χ3v) is 4.12. The van der Waals surface area contributed by atoms with Gasteiger partial charge in [-0.25, -0.2) is 0 Å². The largest absolute Gasteiger partial charge is 0.493 e. The third kappa shape index (κ3) is 9.31. The first-order valence-corrected chi connectivity index (χ1v) is 9.69. The van der Waals surface area contributed by atoms with Gasteiger partial charge in [0.1, 0.15) is 0 Å². The van der Waals surface area contributed by atoms with Gasteiger partial charge in [0.05, 0.1) is 20.8 Å². The van der Waals surface area contributed by atoms with E-state index in [1.165, 1.54) is 39.9 Å². The Kier molecular flexibility index (Phi) is 11.7. The molecule has 0 spiro atoms. The van der Waals surface area contributed by atoms with E-state index in [0.717, 1.165) is 12.8 Å². The molecule has 0 aromatic heterocycles. The normalized spacial score (nSPS) is 10.3. The van der Waals surface area contributed by atoms with Crippen LogP contribution in [0.1, 0.15) is 64.7 Å². The second-order valence-corrected chi connectivity index (χ2v) is 6.31. The molecule has 0 N–H and O–H groups in total. The van der Waals surface area contributed by atoms with Gasteiger partial charge in [-0.2, -0.15) is 0 Å². The molecule has 0 radical (unpaired) electrons. The number of esters is 2. The summed E-state index contributed by atoms with van der Waals surface area (Å²) in [5.74, 6) is 0.369. The van der Waals surface area contributed by atoms with E-state index in [2.05, 4.69) is 6.92 Å². The molecule has 6 heteroatoms. The Hall–Kier alpha value is -2.24. The van der Waals surface area contributed by atoms with Crippen LogP contribution in [0, 0.1) is 0 Å². The number of rotatable bonds is 14. The van der Waals surface area contributed by atoms with Gasteiger partial charge in [0.25, 0.3) is 0 Å². The number of para-hydroxylation sites is 1. The maximum atomic E-state index is 12.0. The lowest BCUT2D eigenvalue weighted by Gasteiger charge is -2.12. The maximum Gasteiger partial charge on any atom is 0.311 e. The first-order valence-electron chi connectivity index (χ1n) is 9.69. The van der Waals surface area contributed by atoms with Crippen molar-refractivity contribution in [2.45, 2.75) is 64.7 Å². The lowest BCUT2D eigenvalue weighted by molar-refractivity contribution is -0.144. The SMILES string of the molecule is CCCCCCCCOC(=O)CCCC(=O)Oc1c(OC)cccc1OC. The predicted octanol–water partition coefficient (Wildman–Crippen LogP) is 4.68. The highest BCUT2D eigenvalue weighted by Gasteiger charge is 2.16. The fraction of sp³-hybridized carbons (Fsp3) is 0.619. The second-order valence-electron chi connectivity index (χ2n) is 6.31. The molecule has 0 amide bonds. The molecule has 0 aliphatic rings. The third-order valence-electron chi connectivity index (χ3n) is 4.12. The first kappa shape index (κ1) is 22.8. The minimum absolute atomic E-state index is 0.118. The van der Waals surface area contributed by atoms with Crippen molar-refractivity contribution in [3.05, 3.63) is 18.2 Å². The standard InChI is InChI=1S/C21H32O6/c1-4-5-6-7-8-9-16-26-19(22)14-11-15-20(23)27-21-17(24-2)12-10-13-18(21)25-3/h10,12-13H,4-9,11,14-16H2,1-3H3. The Morgan fingerprint density at radius 1 is 0.815 bits per heavy atom. The van der Waals surface area contributed by atoms with Crippen LogP contribution in [0.5, 0.6) is 17.2 Å². The lowest BCUT2D eigenvalue weighted by atomic mass is 10.1. The summed E-state index contributed by atoms with van der Waals surface area (Å²) >= 11 is 0. The van der Waals surface area contributed by atoms with E-state index in [4.69, 9.17) is 18.9 Å². The minimum Gasteiger partial charge on any atom is -0.493 e. The van der Waals surface area contributed by atoms with Crippen LogP contribution in [0.2, 0.25) is 0 Å². The van der Waals surface area contributed by atoms with Crippen LogP contribution in [0.3, 0.4) is 0 Å². The maximum absolute atomic E-state index is 12.0. The van der Waals surface area contributed by atoms with Crippen LogP contribution in [0.4, 0.5) is 0 Å². The van der Waals surface area contributed by atoms with Gasteiger partial charge in [0.2, 0.25) is 5.75 Å². The summed E-state index contributed by atoms with van der Waals surface area (Å²) in [4.78, 5) is 23.7. The molecule has 0 fully saturated rings. The van der Waals surface area contributed by atoms with E-state index in [-0.39, 0.29) is 24.6 Å². The predicted molar refractivity (Wildman–Crippen MR) is 103 cm³/mol. The van der Waals surface area contributed by atoms with Gasteiger partial charge in [-0.05, 0) is 25.0 Å². The Morgan fingerprint density at radius 3 is 2.04 bits per heavy atom. The van der Waals surface area contributed by atoms with Gasteiger partial charge in [0, 0.05) is 12.8 Å². The molecule has 0 saturated carbocycles. The molecule has 1 aromatic rings. The van der Waals surface area contributed by atoms with E-state index in [9.17, 15) is 9.59 Å². The van der Waals surface area contributed by atoms with E-state index < -0.39 is 5.97 Å². The Labute approximate surface area is 162 Å². The first-order chi connectivity index (χ1) is 13.1. The van der Waals surface area contributed by atoms with Gasteiger partial charge < -0.3 is 18.9 Å². The average molecular weight is 380 g/mol. The molecule has 0 saturated heterocycles. The molecule has 1 rings (SSSR count). The fourth-order valence-corrected chi connectivity index (χ4v) is 2.60. The molecule has 0 unspecified atom stereocenters. The monoisotopic (exact) mass is 380 g/mol. The van der Waals surface area contributed by atoms with E-state index >= 15 is 0 Å². The zero-order valence-corrected chi connectivity index (χ0v) is 16.8. The molecule has 152 valence electrons. The number of methoxy groups -OCH3 is 2. The number of ether oxygens (including phenoxy) is 4. The molecule has 0 atom stereocenters. The van der Waals surface area contributed by atoms with E-state index in [1.807, 2.05) is 0 Å². The minimum atomic E-state index is -0.443. The summed E-state index contributed by atoms with van der Waals surface area (Å²) in [6, 6.07) is 5.12. The van der Waals surface area contributed by atoms with Crippen molar-refractivity contribution in [3.8, 4) is 17.2 Å². The Morgan fingerprint density at radius 2 is 1.41 bits per heavy atom. The quantitative estimate of drug-likeness (QED) is 0.265. The number of carbonyl (C=O) groups excluding carboxylic acids is 2. The van der Waals surface area contributed by atoms with Gasteiger partial charge in [-0.15, -0.1) is 0 Å². The smallest absolute Gasteiger partial charge is 0.311 e. The van der Waals surface area contributed by atoms with Gasteiger partial charge in [-0.3, -0.25) is 9.59 Å². The van der Waals surface area contributed by atoms with Crippen molar-refractivity contribution in [1.29, 1.82) is 0 Å². The zero-order valence-electron chi connectivity index (χ0n) is 16.8. The Bertz CT molecular complexity index is 548. The van der Waals surface area contributed by atoms with Crippen molar-refractivity contribution >= 4 is 11.9 Å². The van der Waals surface area contributed by atoms with Crippen LogP contribution in [-0.4, -0.2) is 32.8 Å². The highest BCUT2D eigenvalue weighted by molar-refractivity contribution is 5.75. The summed E-state index contributed by atoms with van der Waals surface area (Å²) in [6.07, 6.45) is 7.59. The average Bonchev–Trinajstić information content (AvgIpc) is 2.67. The van der Waals surface area contributed by atoms with Crippen LogP contribution >= 0.6 is 0 Å². The second kappa shape index (κ2) is 13.9. The summed E-state index contributed by atoms with van der Waals surface area (Å²) in [5.41, 5.74) is 0. The highest BCUT2D eigenvalue weighted by atomic mass is 16.6. The molecule has 6 nitrogen and oxygen atoms in total. The number of carbonyl (C=O) groups is 2. The summed E-state index contributed by atoms with van der Waals surface area (Å²) in [5, 5.41) is 0. The summed E-state index contributed by atoms with van der Waals surface area (Å²) in [6.45, 7) is 2.64. The van der Waals surface area contributed by atoms with Gasteiger partial charge in [0.15, 0.2) is 11.5 Å². The molecular weight excluding hydrogens is 348 g/mol. The van der Waals surface area contributed by atoms with Crippen LogP contribution in [0.15, 0.2) is 18.2 Å². The zero-order chi connectivity index (χ0) is 19.9. The molecule has 0 aliphatic heterocycles. The number of unbranched alkanes of at least 4 members (excludes halogenated alkanes) is 5. The summed E-state index contributed by atoms with van der Waals surface area (Å²) < 4.78 is 20.9. The van der Waals surface area contributed by atoms with Crippen molar-refractivity contribution < 1.29 is 28.5 Å². The molecule has 0 heterocycles. The van der Waals surface area contributed by atoms with Crippen molar-refractivity contribution in [2.75, 3.05) is 20.8 Å². The summed E-state index contributed by atoms with van der Waals surface area (Å²) in [7, 11) is 2.98. The van der Waals surface area contributed by atoms with E-state index in [1.54, 1.807) is 18.2 Å². The highest BCUT2D eigenvalue weighted by Crippen LogP contribution is 2.37. The number of hydrogen-bond acceptors (Lipinski definition) is 6. The van der Waals surface area contributed by atoms with Crippen molar-refractivity contribution in [3.63, 3.8) is 0 Å². The molecule has 0 bridgehead atoms. The van der Waals surface area contributed by atoms with Crippen molar-refractivity contribution in [1.82, 2.24) is 0 Å². The number of hydrogen-bond donors (Lipinski definition) is 0. The van der Waals surface area contributed by atoms with Gasteiger partial charge >= 0.3 is 11.9 Å². The van der Waals surface area contributed by atoms with Crippen LogP contribution in [-0.2, 0) is 14.3 Å². The molecule has 0 aliphatic carbocycles. The molecule has 27 heavy (non-hydrogen) atoms. The fourth-order valence-electron chi connectivity index (χ4n) is 2.60. The Balaban J connectivity index is 2.23.